The monoisotopic (exact) mass is 376 g/mol. The smallest absolute Gasteiger partial charge is 0.416 e. The summed E-state index contributed by atoms with van der Waals surface area (Å²) in [5.74, 6) is -1.35. The van der Waals surface area contributed by atoms with E-state index in [1.807, 2.05) is 5.32 Å². The van der Waals surface area contributed by atoms with Crippen molar-refractivity contribution in [3.63, 3.8) is 0 Å². The molecule has 2 aromatic rings. The molecule has 1 aromatic heterocycles. The van der Waals surface area contributed by atoms with E-state index in [1.165, 1.54) is 13.8 Å². The second-order valence-electron chi connectivity index (χ2n) is 5.35. The Kier molecular flexibility index (Phi) is 4.77. The van der Waals surface area contributed by atoms with Crippen LogP contribution in [0.2, 0.25) is 0 Å². The Bertz CT molecular complexity index is 871. The molecular weight excluding hydrogens is 366 g/mol. The SMILES string of the molecule is Cc1oc(NC(=O)c2cc(C(F)(F)F)cc(C(F)(F)F)c2)c(C#N)c1C. The summed E-state index contributed by atoms with van der Waals surface area (Å²) in [6.45, 7) is 3.00. The molecule has 0 aliphatic heterocycles. The fourth-order valence-electron chi connectivity index (χ4n) is 2.11. The number of anilines is 1. The van der Waals surface area contributed by atoms with Crippen molar-refractivity contribution in [1.29, 1.82) is 5.26 Å². The summed E-state index contributed by atoms with van der Waals surface area (Å²) >= 11 is 0. The number of amides is 1. The van der Waals surface area contributed by atoms with Gasteiger partial charge in [0.1, 0.15) is 17.4 Å². The zero-order chi connectivity index (χ0) is 19.9. The molecule has 0 spiro atoms. The highest BCUT2D eigenvalue weighted by molar-refractivity contribution is 6.04. The predicted molar refractivity (Wildman–Crippen MR) is 77.3 cm³/mol. The van der Waals surface area contributed by atoms with Crippen LogP contribution in [0.5, 0.6) is 0 Å². The largest absolute Gasteiger partial charge is 0.444 e. The Morgan fingerprint density at radius 3 is 1.96 bits per heavy atom. The normalized spacial score (nSPS) is 12.0. The first kappa shape index (κ1) is 19.4. The highest BCUT2D eigenvalue weighted by Crippen LogP contribution is 2.36. The minimum absolute atomic E-state index is 0.0705. The summed E-state index contributed by atoms with van der Waals surface area (Å²) in [5.41, 5.74) is -3.79. The maximum atomic E-state index is 12.8. The van der Waals surface area contributed by atoms with Crippen LogP contribution in [0, 0.1) is 25.2 Å². The summed E-state index contributed by atoms with van der Waals surface area (Å²) in [5, 5.41) is 11.1. The number of halogens is 6. The summed E-state index contributed by atoms with van der Waals surface area (Å²) in [4.78, 5) is 12.1. The van der Waals surface area contributed by atoms with Crippen LogP contribution in [0.3, 0.4) is 0 Å². The summed E-state index contributed by atoms with van der Waals surface area (Å²) in [6, 6.07) is 2.24. The van der Waals surface area contributed by atoms with Crippen LogP contribution >= 0.6 is 0 Å². The maximum absolute atomic E-state index is 12.8. The Morgan fingerprint density at radius 2 is 1.54 bits per heavy atom. The van der Waals surface area contributed by atoms with Crippen molar-refractivity contribution in [2.45, 2.75) is 26.2 Å². The van der Waals surface area contributed by atoms with E-state index in [2.05, 4.69) is 0 Å². The van der Waals surface area contributed by atoms with E-state index in [0.29, 0.717) is 17.7 Å². The molecule has 0 saturated carbocycles. The fourth-order valence-corrected chi connectivity index (χ4v) is 2.11. The standard InChI is InChI=1S/C16H10F6N2O2/c1-7-8(2)26-14(12(7)6-23)24-13(25)9-3-10(15(17,18)19)5-11(4-9)16(20,21)22/h3-5H,1-2H3,(H,24,25). The number of carbonyl (C=O) groups is 1. The molecule has 26 heavy (non-hydrogen) atoms. The van der Waals surface area contributed by atoms with Gasteiger partial charge in [0.05, 0.1) is 11.1 Å². The van der Waals surface area contributed by atoms with Crippen LogP contribution in [-0.4, -0.2) is 5.91 Å². The number of hydrogen-bond acceptors (Lipinski definition) is 3. The minimum Gasteiger partial charge on any atom is -0.444 e. The molecule has 0 radical (unpaired) electrons. The molecule has 0 saturated heterocycles. The number of hydrogen-bond donors (Lipinski definition) is 1. The van der Waals surface area contributed by atoms with Gasteiger partial charge in [-0.2, -0.15) is 31.6 Å². The van der Waals surface area contributed by atoms with E-state index in [0.717, 1.165) is 0 Å². The highest BCUT2D eigenvalue weighted by Gasteiger charge is 2.37. The second-order valence-corrected chi connectivity index (χ2v) is 5.35. The van der Waals surface area contributed by atoms with E-state index in [4.69, 9.17) is 9.68 Å². The number of rotatable bonds is 2. The molecule has 1 heterocycles. The van der Waals surface area contributed by atoms with Gasteiger partial charge in [0.25, 0.3) is 5.91 Å². The molecule has 10 heteroatoms. The van der Waals surface area contributed by atoms with Crippen LogP contribution < -0.4 is 5.32 Å². The molecule has 138 valence electrons. The Balaban J connectivity index is 2.49. The van der Waals surface area contributed by atoms with Gasteiger partial charge in [0, 0.05) is 11.1 Å². The van der Waals surface area contributed by atoms with E-state index < -0.39 is 35.0 Å². The molecule has 0 atom stereocenters. The van der Waals surface area contributed by atoms with Crippen molar-refractivity contribution in [3.8, 4) is 6.07 Å². The van der Waals surface area contributed by atoms with Crippen LogP contribution in [0.1, 0.15) is 38.4 Å². The molecule has 0 fully saturated rings. The number of nitrogens with zero attached hydrogens (tertiary/aromatic N) is 1. The quantitative estimate of drug-likeness (QED) is 0.746. The maximum Gasteiger partial charge on any atom is 0.416 e. The fraction of sp³-hybridized carbons (Fsp3) is 0.250. The van der Waals surface area contributed by atoms with E-state index in [1.54, 1.807) is 6.07 Å². The van der Waals surface area contributed by atoms with Crippen LogP contribution in [0.25, 0.3) is 0 Å². The molecule has 1 aromatic carbocycles. The molecule has 0 bridgehead atoms. The Hall–Kier alpha value is -2.96. The first-order valence-electron chi connectivity index (χ1n) is 6.95. The van der Waals surface area contributed by atoms with Crippen LogP contribution in [0.4, 0.5) is 32.2 Å². The number of aryl methyl sites for hydroxylation is 1. The summed E-state index contributed by atoms with van der Waals surface area (Å²) in [7, 11) is 0. The molecule has 1 amide bonds. The van der Waals surface area contributed by atoms with Crippen LogP contribution in [-0.2, 0) is 12.4 Å². The number of carbonyl (C=O) groups excluding carboxylic acids is 1. The average molecular weight is 376 g/mol. The van der Waals surface area contributed by atoms with Crippen LogP contribution in [0.15, 0.2) is 22.6 Å². The minimum atomic E-state index is -5.08. The lowest BCUT2D eigenvalue weighted by molar-refractivity contribution is -0.143. The van der Waals surface area contributed by atoms with E-state index >= 15 is 0 Å². The van der Waals surface area contributed by atoms with Crippen molar-refractivity contribution in [3.05, 3.63) is 51.8 Å². The van der Waals surface area contributed by atoms with Gasteiger partial charge in [-0.25, -0.2) is 0 Å². The van der Waals surface area contributed by atoms with Gasteiger partial charge in [0.15, 0.2) is 0 Å². The van der Waals surface area contributed by atoms with E-state index in [9.17, 15) is 31.1 Å². The Morgan fingerprint density at radius 1 is 1.04 bits per heavy atom. The number of nitrogens with one attached hydrogen (secondary N) is 1. The molecular formula is C16H10F6N2O2. The Labute approximate surface area is 143 Å². The second kappa shape index (κ2) is 6.40. The predicted octanol–water partition coefficient (Wildman–Crippen LogP) is 5.06. The van der Waals surface area contributed by atoms with Gasteiger partial charge in [-0.05, 0) is 32.0 Å². The van der Waals surface area contributed by atoms with Gasteiger partial charge in [0.2, 0.25) is 5.88 Å². The van der Waals surface area contributed by atoms with Gasteiger partial charge in [-0.15, -0.1) is 0 Å². The third-order valence-corrected chi connectivity index (χ3v) is 3.57. The third kappa shape index (κ3) is 3.82. The highest BCUT2D eigenvalue weighted by atomic mass is 19.4. The van der Waals surface area contributed by atoms with Gasteiger partial charge >= 0.3 is 12.4 Å². The zero-order valence-electron chi connectivity index (χ0n) is 13.3. The first-order valence-corrected chi connectivity index (χ1v) is 6.95. The van der Waals surface area contributed by atoms with Gasteiger partial charge in [-0.1, -0.05) is 0 Å². The lowest BCUT2D eigenvalue weighted by atomic mass is 10.0. The van der Waals surface area contributed by atoms with Crippen molar-refractivity contribution < 1.29 is 35.6 Å². The average Bonchev–Trinajstić information content (AvgIpc) is 2.78. The molecule has 0 aliphatic rings. The number of nitriles is 1. The lowest BCUT2D eigenvalue weighted by Gasteiger charge is -2.13. The summed E-state index contributed by atoms with van der Waals surface area (Å²) < 4.78 is 82.2. The molecule has 0 unspecified atom stereocenters. The van der Waals surface area contributed by atoms with Crippen molar-refractivity contribution in [2.24, 2.45) is 0 Å². The van der Waals surface area contributed by atoms with Gasteiger partial charge in [-0.3, -0.25) is 10.1 Å². The molecule has 1 N–H and O–H groups in total. The summed E-state index contributed by atoms with van der Waals surface area (Å²) in [6.07, 6.45) is -10.2. The van der Waals surface area contributed by atoms with Crippen molar-refractivity contribution in [2.75, 3.05) is 5.32 Å². The number of alkyl halides is 6. The van der Waals surface area contributed by atoms with E-state index in [-0.39, 0.29) is 23.3 Å². The molecule has 0 aliphatic carbocycles. The van der Waals surface area contributed by atoms with Crippen molar-refractivity contribution in [1.82, 2.24) is 0 Å². The number of benzene rings is 1. The first-order chi connectivity index (χ1) is 11.8. The van der Waals surface area contributed by atoms with Gasteiger partial charge < -0.3 is 4.42 Å². The molecule has 4 nitrogen and oxygen atoms in total. The zero-order valence-corrected chi connectivity index (χ0v) is 13.3. The number of furan rings is 1. The lowest BCUT2D eigenvalue weighted by Crippen LogP contribution is -2.17. The van der Waals surface area contributed by atoms with Crippen molar-refractivity contribution >= 4 is 11.8 Å². The molecule has 2 rings (SSSR count). The third-order valence-electron chi connectivity index (χ3n) is 3.57. The topological polar surface area (TPSA) is 66.0 Å².